The van der Waals surface area contributed by atoms with Crippen LogP contribution in [0.1, 0.15) is 24.7 Å². The summed E-state index contributed by atoms with van der Waals surface area (Å²) >= 11 is 1.70. The van der Waals surface area contributed by atoms with Crippen LogP contribution in [0.2, 0.25) is 0 Å². The Kier molecular flexibility index (Phi) is 4.49. The SMILES string of the molecule is CCCNCCc1csc(-c2cn(C)nc2C)n1. The zero-order valence-corrected chi connectivity index (χ0v) is 12.0. The molecule has 18 heavy (non-hydrogen) atoms. The van der Waals surface area contributed by atoms with Crippen LogP contribution in [-0.4, -0.2) is 27.9 Å². The fourth-order valence-electron chi connectivity index (χ4n) is 1.87. The van der Waals surface area contributed by atoms with E-state index in [1.165, 1.54) is 12.1 Å². The summed E-state index contributed by atoms with van der Waals surface area (Å²) in [7, 11) is 1.94. The lowest BCUT2D eigenvalue weighted by Crippen LogP contribution is -2.17. The van der Waals surface area contributed by atoms with Crippen LogP contribution >= 0.6 is 11.3 Å². The molecule has 4 nitrogen and oxygen atoms in total. The minimum absolute atomic E-state index is 0.996. The molecule has 2 rings (SSSR count). The molecule has 0 aromatic carbocycles. The molecule has 2 aromatic heterocycles. The first-order valence-corrected chi connectivity index (χ1v) is 7.24. The van der Waals surface area contributed by atoms with Crippen LogP contribution < -0.4 is 5.32 Å². The number of hydrogen-bond acceptors (Lipinski definition) is 4. The second-order valence-corrected chi connectivity index (χ2v) is 5.30. The van der Waals surface area contributed by atoms with Crippen molar-refractivity contribution in [2.45, 2.75) is 26.7 Å². The van der Waals surface area contributed by atoms with Gasteiger partial charge in [0.15, 0.2) is 0 Å². The first kappa shape index (κ1) is 13.2. The molecule has 0 aliphatic heterocycles. The molecule has 0 spiro atoms. The summed E-state index contributed by atoms with van der Waals surface area (Å²) in [4.78, 5) is 4.68. The zero-order chi connectivity index (χ0) is 13.0. The van der Waals surface area contributed by atoms with E-state index in [-0.39, 0.29) is 0 Å². The normalized spacial score (nSPS) is 11.1. The molecule has 2 heterocycles. The molecule has 0 aliphatic rings. The van der Waals surface area contributed by atoms with Gasteiger partial charge in [-0.1, -0.05) is 6.92 Å². The van der Waals surface area contributed by atoms with Crippen molar-refractivity contribution in [3.8, 4) is 10.6 Å². The van der Waals surface area contributed by atoms with E-state index in [1.54, 1.807) is 11.3 Å². The van der Waals surface area contributed by atoms with Crippen molar-refractivity contribution in [3.63, 3.8) is 0 Å². The molecule has 0 saturated heterocycles. The van der Waals surface area contributed by atoms with E-state index in [0.717, 1.165) is 35.8 Å². The van der Waals surface area contributed by atoms with Crippen molar-refractivity contribution in [2.75, 3.05) is 13.1 Å². The summed E-state index contributed by atoms with van der Waals surface area (Å²) in [6, 6.07) is 0. The molecular weight excluding hydrogens is 244 g/mol. The van der Waals surface area contributed by atoms with Crippen LogP contribution in [0, 0.1) is 6.92 Å². The summed E-state index contributed by atoms with van der Waals surface area (Å²) in [6.45, 7) is 6.29. The quantitative estimate of drug-likeness (QED) is 0.815. The molecule has 0 radical (unpaired) electrons. The number of nitrogens with one attached hydrogen (secondary N) is 1. The van der Waals surface area contributed by atoms with E-state index >= 15 is 0 Å². The van der Waals surface area contributed by atoms with Crippen molar-refractivity contribution in [3.05, 3.63) is 23.0 Å². The van der Waals surface area contributed by atoms with Gasteiger partial charge in [0.1, 0.15) is 5.01 Å². The lowest BCUT2D eigenvalue weighted by Gasteiger charge is -1.99. The topological polar surface area (TPSA) is 42.7 Å². The summed E-state index contributed by atoms with van der Waals surface area (Å²) in [5, 5.41) is 11.0. The number of thiazole rings is 1. The highest BCUT2D eigenvalue weighted by atomic mass is 32.1. The third kappa shape index (κ3) is 3.17. The van der Waals surface area contributed by atoms with Crippen molar-refractivity contribution in [1.82, 2.24) is 20.1 Å². The van der Waals surface area contributed by atoms with E-state index < -0.39 is 0 Å². The number of rotatable bonds is 6. The van der Waals surface area contributed by atoms with Crippen LogP contribution in [0.4, 0.5) is 0 Å². The fraction of sp³-hybridized carbons (Fsp3) is 0.538. The second kappa shape index (κ2) is 6.11. The van der Waals surface area contributed by atoms with Crippen molar-refractivity contribution >= 4 is 11.3 Å². The molecule has 98 valence electrons. The van der Waals surface area contributed by atoms with Gasteiger partial charge in [-0.05, 0) is 19.9 Å². The minimum Gasteiger partial charge on any atom is -0.316 e. The molecule has 2 aromatic rings. The monoisotopic (exact) mass is 264 g/mol. The summed E-state index contributed by atoms with van der Waals surface area (Å²) in [5.74, 6) is 0. The first-order chi connectivity index (χ1) is 8.70. The molecule has 0 fully saturated rings. The standard InChI is InChI=1S/C13H20N4S/c1-4-6-14-7-5-11-9-18-13(15-11)12-8-17(3)16-10(12)2/h8-9,14H,4-7H2,1-3H3. The zero-order valence-electron chi connectivity index (χ0n) is 11.2. The van der Waals surface area contributed by atoms with E-state index in [1.807, 2.05) is 24.9 Å². The Bertz CT molecular complexity index is 501. The minimum atomic E-state index is 0.996. The van der Waals surface area contributed by atoms with Crippen LogP contribution in [0.25, 0.3) is 10.6 Å². The third-order valence-corrected chi connectivity index (χ3v) is 3.70. The predicted molar refractivity (Wildman–Crippen MR) is 75.9 cm³/mol. The van der Waals surface area contributed by atoms with E-state index in [4.69, 9.17) is 0 Å². The van der Waals surface area contributed by atoms with Crippen molar-refractivity contribution in [1.29, 1.82) is 0 Å². The van der Waals surface area contributed by atoms with Gasteiger partial charge >= 0.3 is 0 Å². The Morgan fingerprint density at radius 3 is 2.89 bits per heavy atom. The predicted octanol–water partition coefficient (Wildman–Crippen LogP) is 2.39. The lowest BCUT2D eigenvalue weighted by molar-refractivity contribution is 0.667. The lowest BCUT2D eigenvalue weighted by atomic mass is 10.3. The van der Waals surface area contributed by atoms with Crippen molar-refractivity contribution in [2.24, 2.45) is 7.05 Å². The number of hydrogen-bond donors (Lipinski definition) is 1. The molecule has 0 amide bonds. The average molecular weight is 264 g/mol. The number of nitrogens with zero attached hydrogens (tertiary/aromatic N) is 3. The van der Waals surface area contributed by atoms with Gasteiger partial charge < -0.3 is 5.32 Å². The maximum Gasteiger partial charge on any atom is 0.127 e. The fourth-order valence-corrected chi connectivity index (χ4v) is 2.79. The molecule has 5 heteroatoms. The van der Waals surface area contributed by atoms with Gasteiger partial charge in [-0.25, -0.2) is 4.98 Å². The van der Waals surface area contributed by atoms with Gasteiger partial charge in [-0.3, -0.25) is 4.68 Å². The van der Waals surface area contributed by atoms with Gasteiger partial charge in [0.25, 0.3) is 0 Å². The highest BCUT2D eigenvalue weighted by molar-refractivity contribution is 7.13. The van der Waals surface area contributed by atoms with Crippen LogP contribution in [0.3, 0.4) is 0 Å². The van der Waals surface area contributed by atoms with Gasteiger partial charge in [-0.15, -0.1) is 11.3 Å². The van der Waals surface area contributed by atoms with E-state index in [0.29, 0.717) is 0 Å². The van der Waals surface area contributed by atoms with Crippen LogP contribution in [0.5, 0.6) is 0 Å². The van der Waals surface area contributed by atoms with Gasteiger partial charge in [0, 0.05) is 31.6 Å². The van der Waals surface area contributed by atoms with Gasteiger partial charge in [0.05, 0.1) is 17.0 Å². The summed E-state index contributed by atoms with van der Waals surface area (Å²) in [5.41, 5.74) is 3.36. The smallest absolute Gasteiger partial charge is 0.127 e. The Morgan fingerprint density at radius 1 is 1.39 bits per heavy atom. The Labute approximate surface area is 112 Å². The van der Waals surface area contributed by atoms with Crippen molar-refractivity contribution < 1.29 is 0 Å². The largest absolute Gasteiger partial charge is 0.316 e. The molecule has 0 unspecified atom stereocenters. The maximum absolute atomic E-state index is 4.68. The van der Waals surface area contributed by atoms with E-state index in [2.05, 4.69) is 27.7 Å². The Morgan fingerprint density at radius 2 is 2.22 bits per heavy atom. The number of aryl methyl sites for hydroxylation is 2. The molecule has 0 bridgehead atoms. The maximum atomic E-state index is 4.68. The van der Waals surface area contributed by atoms with Crippen LogP contribution in [-0.2, 0) is 13.5 Å². The molecule has 0 aliphatic carbocycles. The Balaban J connectivity index is 1.99. The van der Waals surface area contributed by atoms with Gasteiger partial charge in [-0.2, -0.15) is 5.10 Å². The highest BCUT2D eigenvalue weighted by Crippen LogP contribution is 2.25. The molecule has 0 atom stereocenters. The number of aromatic nitrogens is 3. The molecule has 1 N–H and O–H groups in total. The van der Waals surface area contributed by atoms with Crippen LogP contribution in [0.15, 0.2) is 11.6 Å². The average Bonchev–Trinajstić information content (AvgIpc) is 2.91. The summed E-state index contributed by atoms with van der Waals surface area (Å²) < 4.78 is 1.84. The van der Waals surface area contributed by atoms with E-state index in [9.17, 15) is 0 Å². The van der Waals surface area contributed by atoms with Gasteiger partial charge in [0.2, 0.25) is 0 Å². The Hall–Kier alpha value is -1.20. The summed E-state index contributed by atoms with van der Waals surface area (Å²) in [6.07, 6.45) is 4.21. The molecule has 0 saturated carbocycles. The second-order valence-electron chi connectivity index (χ2n) is 4.45. The highest BCUT2D eigenvalue weighted by Gasteiger charge is 2.10. The molecular formula is C13H20N4S. The first-order valence-electron chi connectivity index (χ1n) is 6.36. The third-order valence-electron chi connectivity index (χ3n) is 2.78.